The highest BCUT2D eigenvalue weighted by molar-refractivity contribution is 6.22. The number of anilines is 1. The van der Waals surface area contributed by atoms with E-state index >= 15 is 0 Å². The van der Waals surface area contributed by atoms with E-state index in [4.69, 9.17) is 4.74 Å². The van der Waals surface area contributed by atoms with E-state index in [-0.39, 0.29) is 23.7 Å². The minimum Gasteiger partial charge on any atom is -0.427 e. The molecule has 1 aliphatic carbocycles. The lowest BCUT2D eigenvalue weighted by molar-refractivity contribution is -0.132. The molecule has 2 fully saturated rings. The third-order valence-corrected chi connectivity index (χ3v) is 4.54. The second-order valence-corrected chi connectivity index (χ2v) is 6.23. The Kier molecular flexibility index (Phi) is 3.72. The minimum absolute atomic E-state index is 0.0952. The summed E-state index contributed by atoms with van der Waals surface area (Å²) in [5.41, 5.74) is 0.549. The Morgan fingerprint density at radius 2 is 1.73 bits per heavy atom. The van der Waals surface area contributed by atoms with Crippen molar-refractivity contribution in [3.8, 4) is 5.75 Å². The zero-order valence-corrected chi connectivity index (χ0v) is 12.7. The van der Waals surface area contributed by atoms with Crippen LogP contribution in [0.1, 0.15) is 33.1 Å². The topological polar surface area (TPSA) is 63.7 Å². The zero-order valence-electron chi connectivity index (χ0n) is 12.7. The van der Waals surface area contributed by atoms with Crippen LogP contribution in [0.2, 0.25) is 0 Å². The van der Waals surface area contributed by atoms with E-state index in [9.17, 15) is 14.4 Å². The van der Waals surface area contributed by atoms with Gasteiger partial charge in [-0.05, 0) is 49.4 Å². The van der Waals surface area contributed by atoms with Crippen molar-refractivity contribution in [3.05, 3.63) is 24.3 Å². The molecule has 3 atom stereocenters. The van der Waals surface area contributed by atoms with Gasteiger partial charge in [0.15, 0.2) is 0 Å². The average Bonchev–Trinajstić information content (AvgIpc) is 2.71. The molecular formula is C17H19NO4. The number of benzene rings is 1. The average molecular weight is 301 g/mol. The highest BCUT2D eigenvalue weighted by Gasteiger charge is 2.49. The van der Waals surface area contributed by atoms with Crippen LogP contribution in [0.3, 0.4) is 0 Å². The third-order valence-electron chi connectivity index (χ3n) is 4.54. The van der Waals surface area contributed by atoms with E-state index in [1.807, 2.05) is 0 Å². The Morgan fingerprint density at radius 3 is 2.36 bits per heavy atom. The fraction of sp³-hybridized carbons (Fsp3) is 0.471. The van der Waals surface area contributed by atoms with Gasteiger partial charge in [0.25, 0.3) is 0 Å². The van der Waals surface area contributed by atoms with E-state index in [0.29, 0.717) is 17.4 Å². The molecule has 0 radical (unpaired) electrons. The quantitative estimate of drug-likeness (QED) is 0.478. The minimum atomic E-state index is -0.402. The number of hydrogen-bond donors (Lipinski definition) is 0. The molecule has 1 saturated carbocycles. The van der Waals surface area contributed by atoms with Crippen molar-refractivity contribution in [1.82, 2.24) is 0 Å². The molecule has 1 heterocycles. The first-order valence-electron chi connectivity index (χ1n) is 7.63. The summed E-state index contributed by atoms with van der Waals surface area (Å²) in [6.45, 7) is 3.46. The van der Waals surface area contributed by atoms with Crippen LogP contribution in [-0.4, -0.2) is 17.8 Å². The molecule has 1 aliphatic heterocycles. The first kappa shape index (κ1) is 14.8. The molecule has 0 spiro atoms. The Hall–Kier alpha value is -2.17. The predicted molar refractivity (Wildman–Crippen MR) is 80.2 cm³/mol. The van der Waals surface area contributed by atoms with Crippen LogP contribution in [0.4, 0.5) is 5.69 Å². The Balaban J connectivity index is 1.83. The summed E-state index contributed by atoms with van der Waals surface area (Å²) in [5, 5.41) is 0. The van der Waals surface area contributed by atoms with Gasteiger partial charge in [-0.25, -0.2) is 0 Å². The summed E-state index contributed by atoms with van der Waals surface area (Å²) >= 11 is 0. The number of rotatable bonds is 2. The van der Waals surface area contributed by atoms with Crippen LogP contribution in [0.15, 0.2) is 24.3 Å². The summed E-state index contributed by atoms with van der Waals surface area (Å²) in [4.78, 5) is 37.3. The van der Waals surface area contributed by atoms with Gasteiger partial charge in [0.1, 0.15) is 5.75 Å². The van der Waals surface area contributed by atoms with Gasteiger partial charge in [-0.3, -0.25) is 19.3 Å². The van der Waals surface area contributed by atoms with Crippen LogP contribution >= 0.6 is 0 Å². The maximum Gasteiger partial charge on any atom is 0.308 e. The predicted octanol–water partition coefficient (Wildman–Crippen LogP) is 2.54. The molecule has 1 aromatic carbocycles. The highest BCUT2D eigenvalue weighted by Crippen LogP contribution is 2.42. The highest BCUT2D eigenvalue weighted by atomic mass is 16.5. The van der Waals surface area contributed by atoms with E-state index in [0.717, 1.165) is 19.3 Å². The van der Waals surface area contributed by atoms with Gasteiger partial charge in [-0.1, -0.05) is 6.92 Å². The van der Waals surface area contributed by atoms with Crippen molar-refractivity contribution in [3.63, 3.8) is 0 Å². The van der Waals surface area contributed by atoms with Gasteiger partial charge in [0.2, 0.25) is 11.8 Å². The van der Waals surface area contributed by atoms with Crippen LogP contribution in [-0.2, 0) is 14.4 Å². The lowest BCUT2D eigenvalue weighted by Crippen LogP contribution is -2.30. The largest absolute Gasteiger partial charge is 0.427 e. The summed E-state index contributed by atoms with van der Waals surface area (Å²) in [6, 6.07) is 6.49. The third kappa shape index (κ3) is 2.51. The van der Waals surface area contributed by atoms with Gasteiger partial charge >= 0.3 is 5.97 Å². The maximum atomic E-state index is 12.6. The molecule has 2 aliphatic rings. The van der Waals surface area contributed by atoms with Crippen molar-refractivity contribution < 1.29 is 19.1 Å². The molecule has 2 amide bonds. The molecule has 0 unspecified atom stereocenters. The monoisotopic (exact) mass is 301 g/mol. The van der Waals surface area contributed by atoms with Crippen molar-refractivity contribution in [2.45, 2.75) is 33.1 Å². The molecule has 5 nitrogen and oxygen atoms in total. The Morgan fingerprint density at radius 1 is 1.09 bits per heavy atom. The second-order valence-electron chi connectivity index (χ2n) is 6.23. The van der Waals surface area contributed by atoms with Crippen LogP contribution in [0.25, 0.3) is 0 Å². The number of ether oxygens (including phenoxy) is 1. The van der Waals surface area contributed by atoms with Crippen molar-refractivity contribution in [2.24, 2.45) is 17.8 Å². The molecule has 0 bridgehead atoms. The zero-order chi connectivity index (χ0) is 15.9. The van der Waals surface area contributed by atoms with Gasteiger partial charge in [0, 0.05) is 6.92 Å². The molecule has 5 heteroatoms. The number of amides is 2. The van der Waals surface area contributed by atoms with E-state index in [2.05, 4.69) is 6.92 Å². The lowest BCUT2D eigenvalue weighted by atomic mass is 9.76. The smallest absolute Gasteiger partial charge is 0.308 e. The van der Waals surface area contributed by atoms with E-state index < -0.39 is 5.97 Å². The Labute approximate surface area is 129 Å². The van der Waals surface area contributed by atoms with E-state index in [1.165, 1.54) is 11.8 Å². The van der Waals surface area contributed by atoms with Crippen LogP contribution in [0.5, 0.6) is 5.75 Å². The summed E-state index contributed by atoms with van der Waals surface area (Å²) in [6.07, 6.45) is 2.58. The molecule has 1 saturated heterocycles. The van der Waals surface area contributed by atoms with Crippen molar-refractivity contribution in [1.29, 1.82) is 0 Å². The van der Waals surface area contributed by atoms with Gasteiger partial charge in [-0.15, -0.1) is 0 Å². The molecule has 0 aromatic heterocycles. The van der Waals surface area contributed by atoms with Crippen molar-refractivity contribution in [2.75, 3.05) is 4.90 Å². The normalized spacial score (nSPS) is 27.7. The molecule has 0 N–H and O–H groups in total. The summed E-state index contributed by atoms with van der Waals surface area (Å²) in [5.74, 6) is -0.0445. The Bertz CT molecular complexity index is 622. The number of esters is 1. The standard InChI is InChI=1S/C17H19NO4/c1-10-3-8-14-15(9-10)17(21)18(16(14)20)12-4-6-13(7-5-12)22-11(2)19/h4-7,10,14-15H,3,8-9H2,1-2H3/t10-,14+,15+/m0/s1. The fourth-order valence-corrected chi connectivity index (χ4v) is 3.47. The molecule has 116 valence electrons. The second kappa shape index (κ2) is 5.55. The van der Waals surface area contributed by atoms with Crippen LogP contribution < -0.4 is 9.64 Å². The van der Waals surface area contributed by atoms with E-state index in [1.54, 1.807) is 24.3 Å². The number of fused-ring (bicyclic) bond motifs is 1. The molecule has 22 heavy (non-hydrogen) atoms. The number of imide groups is 1. The van der Waals surface area contributed by atoms with Gasteiger partial charge in [0.05, 0.1) is 17.5 Å². The molecular weight excluding hydrogens is 282 g/mol. The number of carbonyl (C=O) groups is 3. The molecule has 1 aromatic rings. The summed E-state index contributed by atoms with van der Waals surface area (Å²) in [7, 11) is 0. The van der Waals surface area contributed by atoms with Gasteiger partial charge in [-0.2, -0.15) is 0 Å². The number of nitrogens with zero attached hydrogens (tertiary/aromatic N) is 1. The van der Waals surface area contributed by atoms with Crippen LogP contribution in [0, 0.1) is 17.8 Å². The van der Waals surface area contributed by atoms with Crippen molar-refractivity contribution >= 4 is 23.5 Å². The fourth-order valence-electron chi connectivity index (χ4n) is 3.47. The lowest BCUT2D eigenvalue weighted by Gasteiger charge is -2.25. The maximum absolute atomic E-state index is 12.6. The number of carbonyl (C=O) groups excluding carboxylic acids is 3. The molecule has 3 rings (SSSR count). The summed E-state index contributed by atoms with van der Waals surface area (Å²) < 4.78 is 4.97. The number of hydrogen-bond acceptors (Lipinski definition) is 4. The first-order chi connectivity index (χ1) is 10.5. The van der Waals surface area contributed by atoms with Gasteiger partial charge < -0.3 is 4.74 Å². The first-order valence-corrected chi connectivity index (χ1v) is 7.63. The SMILES string of the molecule is CC(=O)Oc1ccc(N2C(=O)[C@@H]3CC[C@H](C)C[C@H]3C2=O)cc1.